The van der Waals surface area contributed by atoms with Gasteiger partial charge in [-0.05, 0) is 25.0 Å². The lowest BCUT2D eigenvalue weighted by molar-refractivity contribution is -0.255. The number of fused-ring (bicyclic) bond motifs is 1. The lowest BCUT2D eigenvalue weighted by atomic mass is 10.0. The van der Waals surface area contributed by atoms with Gasteiger partial charge in [-0.15, -0.1) is 0 Å². The van der Waals surface area contributed by atoms with Crippen LogP contribution in [0.5, 0.6) is 0 Å². The van der Waals surface area contributed by atoms with Crippen LogP contribution in [0.3, 0.4) is 0 Å². The number of nitrogens with one attached hydrogen (secondary N) is 1. The Morgan fingerprint density at radius 3 is 2.28 bits per heavy atom. The van der Waals surface area contributed by atoms with Gasteiger partial charge in [0, 0.05) is 5.39 Å². The average Bonchev–Trinajstić information content (AvgIpc) is 2.70. The van der Waals surface area contributed by atoms with Gasteiger partial charge in [0.05, 0.1) is 17.4 Å². The molecule has 1 N–H and O–H groups in total. The summed E-state index contributed by atoms with van der Waals surface area (Å²) in [6.45, 7) is 0.838. The van der Waals surface area contributed by atoms with Gasteiger partial charge in [0.1, 0.15) is 12.2 Å². The summed E-state index contributed by atoms with van der Waals surface area (Å²) in [7, 11) is 0. The van der Waals surface area contributed by atoms with Gasteiger partial charge in [-0.1, -0.05) is 48.5 Å². The lowest BCUT2D eigenvalue weighted by Gasteiger charge is -2.17. The topological polar surface area (TPSA) is 121 Å². The number of nitrogens with zero attached hydrogens (tertiary/aromatic N) is 2. The van der Waals surface area contributed by atoms with Crippen molar-refractivity contribution in [2.75, 3.05) is 0 Å². The van der Waals surface area contributed by atoms with Crippen molar-refractivity contribution >= 4 is 28.4 Å². The van der Waals surface area contributed by atoms with Crippen molar-refractivity contribution in [3.05, 3.63) is 76.2 Å². The Labute approximate surface area is 165 Å². The average molecular weight is 392 g/mol. The number of hydrogen-bond acceptors (Lipinski definition) is 6. The van der Waals surface area contributed by atoms with Crippen molar-refractivity contribution < 1.29 is 19.5 Å². The number of hydrogen-bond donors (Lipinski definition) is 1. The lowest BCUT2D eigenvalue weighted by Crippen LogP contribution is -2.44. The highest BCUT2D eigenvalue weighted by Crippen LogP contribution is 2.12. The SMILES string of the molecule is CC(=O)[C@@H](Cc1ccccc1)NC(=O)Cn1nc(C(=O)[O-])c2ccccc2c1=O. The van der Waals surface area contributed by atoms with Crippen LogP contribution in [0, 0.1) is 0 Å². The molecule has 0 spiro atoms. The first-order chi connectivity index (χ1) is 13.9. The first-order valence-corrected chi connectivity index (χ1v) is 8.91. The third kappa shape index (κ3) is 4.55. The van der Waals surface area contributed by atoms with E-state index < -0.39 is 35.7 Å². The van der Waals surface area contributed by atoms with Crippen LogP contribution < -0.4 is 16.0 Å². The number of benzene rings is 2. The molecule has 1 aromatic heterocycles. The molecule has 0 bridgehead atoms. The van der Waals surface area contributed by atoms with Crippen molar-refractivity contribution in [3.8, 4) is 0 Å². The van der Waals surface area contributed by atoms with E-state index in [4.69, 9.17) is 0 Å². The Hall–Kier alpha value is -3.81. The molecule has 0 aliphatic carbocycles. The van der Waals surface area contributed by atoms with Crippen molar-refractivity contribution in [2.24, 2.45) is 0 Å². The van der Waals surface area contributed by atoms with Crippen LogP contribution in [-0.2, 0) is 22.6 Å². The Bertz CT molecular complexity index is 1140. The minimum atomic E-state index is -1.55. The number of aromatic nitrogens is 2. The zero-order chi connectivity index (χ0) is 21.0. The second-order valence-corrected chi connectivity index (χ2v) is 6.56. The molecule has 0 aliphatic rings. The number of ketones is 1. The van der Waals surface area contributed by atoms with E-state index in [1.165, 1.54) is 19.1 Å². The van der Waals surface area contributed by atoms with Gasteiger partial charge in [0.2, 0.25) is 5.91 Å². The highest BCUT2D eigenvalue weighted by atomic mass is 16.4. The third-order valence-electron chi connectivity index (χ3n) is 4.46. The molecule has 0 radical (unpaired) electrons. The van der Waals surface area contributed by atoms with Crippen molar-refractivity contribution in [3.63, 3.8) is 0 Å². The van der Waals surface area contributed by atoms with Gasteiger partial charge in [0.25, 0.3) is 5.56 Å². The summed E-state index contributed by atoms with van der Waals surface area (Å²) < 4.78 is 0.766. The van der Waals surface area contributed by atoms with Gasteiger partial charge < -0.3 is 15.2 Å². The molecule has 0 fully saturated rings. The summed E-state index contributed by atoms with van der Waals surface area (Å²) in [5.41, 5.74) is -0.170. The summed E-state index contributed by atoms with van der Waals surface area (Å²) in [6, 6.07) is 14.5. The Morgan fingerprint density at radius 2 is 1.66 bits per heavy atom. The fourth-order valence-electron chi connectivity index (χ4n) is 3.02. The first-order valence-electron chi connectivity index (χ1n) is 8.91. The normalized spacial score (nSPS) is 11.8. The molecule has 1 atom stereocenters. The number of carbonyl (C=O) groups is 3. The quantitative estimate of drug-likeness (QED) is 0.608. The molecular weight excluding hydrogens is 374 g/mol. The van der Waals surface area contributed by atoms with Crippen LogP contribution in [0.1, 0.15) is 23.0 Å². The van der Waals surface area contributed by atoms with Gasteiger partial charge in [-0.3, -0.25) is 14.4 Å². The maximum absolute atomic E-state index is 12.6. The number of aromatic carboxylic acids is 1. The molecule has 0 saturated heterocycles. The number of carbonyl (C=O) groups excluding carboxylic acids is 3. The predicted molar refractivity (Wildman–Crippen MR) is 103 cm³/mol. The van der Waals surface area contributed by atoms with E-state index in [1.807, 2.05) is 30.3 Å². The maximum Gasteiger partial charge on any atom is 0.275 e. The zero-order valence-electron chi connectivity index (χ0n) is 15.6. The molecule has 3 rings (SSSR count). The van der Waals surface area contributed by atoms with Crippen LogP contribution >= 0.6 is 0 Å². The summed E-state index contributed by atoms with van der Waals surface area (Å²) in [4.78, 5) is 48.4. The Kier molecular flexibility index (Phi) is 5.82. The van der Waals surface area contributed by atoms with Crippen LogP contribution in [0.4, 0.5) is 0 Å². The van der Waals surface area contributed by atoms with E-state index in [9.17, 15) is 24.3 Å². The van der Waals surface area contributed by atoms with E-state index in [0.29, 0.717) is 6.42 Å². The molecule has 8 nitrogen and oxygen atoms in total. The van der Waals surface area contributed by atoms with Gasteiger partial charge in [-0.2, -0.15) is 5.10 Å². The Morgan fingerprint density at radius 1 is 1.03 bits per heavy atom. The number of Topliss-reactive ketones (excluding diaryl/α,β-unsaturated/α-hetero) is 1. The molecule has 0 unspecified atom stereocenters. The van der Waals surface area contributed by atoms with E-state index >= 15 is 0 Å². The van der Waals surface area contributed by atoms with Crippen LogP contribution in [-0.4, -0.2) is 33.5 Å². The Balaban J connectivity index is 1.85. The minimum Gasteiger partial charge on any atom is -0.543 e. The fraction of sp³-hybridized carbons (Fsp3) is 0.190. The van der Waals surface area contributed by atoms with Crippen LogP contribution in [0.25, 0.3) is 10.8 Å². The second-order valence-electron chi connectivity index (χ2n) is 6.56. The van der Waals surface area contributed by atoms with Crippen molar-refractivity contribution in [1.29, 1.82) is 0 Å². The molecule has 0 saturated carbocycles. The monoisotopic (exact) mass is 392 g/mol. The first kappa shape index (κ1) is 19.9. The smallest absolute Gasteiger partial charge is 0.275 e. The molecule has 3 aromatic rings. The molecule has 2 aromatic carbocycles. The van der Waals surface area contributed by atoms with E-state index in [2.05, 4.69) is 10.4 Å². The molecule has 0 aliphatic heterocycles. The van der Waals surface area contributed by atoms with Crippen LogP contribution in [0.15, 0.2) is 59.4 Å². The van der Waals surface area contributed by atoms with E-state index in [-0.39, 0.29) is 16.6 Å². The molecule has 8 heteroatoms. The highest BCUT2D eigenvalue weighted by Gasteiger charge is 2.19. The second kappa shape index (κ2) is 8.47. The summed E-state index contributed by atoms with van der Waals surface area (Å²) in [6.07, 6.45) is 0.298. The largest absolute Gasteiger partial charge is 0.543 e. The molecule has 1 heterocycles. The minimum absolute atomic E-state index is 0.113. The summed E-state index contributed by atoms with van der Waals surface area (Å²) in [5, 5.41) is 18.0. The van der Waals surface area contributed by atoms with Crippen molar-refractivity contribution in [1.82, 2.24) is 15.1 Å². The van der Waals surface area contributed by atoms with Gasteiger partial charge in [0.15, 0.2) is 5.78 Å². The predicted octanol–water partition coefficient (Wildman–Crippen LogP) is 0.0765. The zero-order valence-corrected chi connectivity index (χ0v) is 15.6. The summed E-state index contributed by atoms with van der Waals surface area (Å²) in [5.74, 6) is -2.42. The number of amides is 1. The summed E-state index contributed by atoms with van der Waals surface area (Å²) >= 11 is 0. The number of rotatable bonds is 7. The fourth-order valence-corrected chi connectivity index (χ4v) is 3.02. The maximum atomic E-state index is 12.6. The standard InChI is InChI=1S/C21H19N3O5/c1-13(25)17(11-14-7-3-2-4-8-14)22-18(26)12-24-20(27)16-10-6-5-9-15(16)19(23-24)21(28)29/h2-10,17H,11-12H2,1H3,(H,22,26)(H,28,29)/p-1/t17-/m1/s1. The number of carboxylic acid groups (broad SMARTS) is 1. The molecule has 1 amide bonds. The highest BCUT2D eigenvalue weighted by molar-refractivity contribution is 6.00. The molecule has 29 heavy (non-hydrogen) atoms. The number of carboxylic acids is 1. The van der Waals surface area contributed by atoms with E-state index in [1.54, 1.807) is 12.1 Å². The molecular formula is C21H18N3O5-. The van der Waals surface area contributed by atoms with Gasteiger partial charge in [-0.25, -0.2) is 4.68 Å². The van der Waals surface area contributed by atoms with Crippen molar-refractivity contribution in [2.45, 2.75) is 25.9 Å². The molecule has 148 valence electrons. The van der Waals surface area contributed by atoms with Gasteiger partial charge >= 0.3 is 0 Å². The third-order valence-corrected chi connectivity index (χ3v) is 4.46. The van der Waals surface area contributed by atoms with E-state index in [0.717, 1.165) is 10.2 Å². The van der Waals surface area contributed by atoms with Crippen LogP contribution in [0.2, 0.25) is 0 Å².